The molecular formula is C17H13N4O3S-. The summed E-state index contributed by atoms with van der Waals surface area (Å²) in [6.07, 6.45) is 1.05. The third-order valence-electron chi connectivity index (χ3n) is 3.74. The zero-order valence-corrected chi connectivity index (χ0v) is 14.0. The minimum Gasteiger partial charge on any atom is -0.858 e. The van der Waals surface area contributed by atoms with E-state index in [1.165, 1.54) is 4.52 Å². The Morgan fingerprint density at radius 2 is 1.84 bits per heavy atom. The third kappa shape index (κ3) is 2.76. The van der Waals surface area contributed by atoms with Gasteiger partial charge in [0.1, 0.15) is 0 Å². The van der Waals surface area contributed by atoms with E-state index < -0.39 is 10.0 Å². The molecule has 4 rings (SSSR count). The lowest BCUT2D eigenvalue weighted by atomic mass is 10.1. The Morgan fingerprint density at radius 1 is 1.08 bits per heavy atom. The maximum Gasteiger partial charge on any atom is 0.229 e. The van der Waals surface area contributed by atoms with Crippen LogP contribution in [0, 0.1) is 0 Å². The molecule has 7 nitrogen and oxygen atoms in total. The van der Waals surface area contributed by atoms with Crippen molar-refractivity contribution in [3.8, 4) is 17.1 Å². The van der Waals surface area contributed by atoms with Crippen molar-refractivity contribution in [2.45, 2.75) is 0 Å². The maximum atomic E-state index is 12.7. The maximum absolute atomic E-state index is 12.7. The molecule has 0 bridgehead atoms. The lowest BCUT2D eigenvalue weighted by Crippen LogP contribution is -2.11. The van der Waals surface area contributed by atoms with E-state index in [1.807, 2.05) is 30.3 Å². The number of nitrogens with zero attached hydrogens (tertiary/aromatic N) is 3. The average molecular weight is 353 g/mol. The molecule has 0 fully saturated rings. The van der Waals surface area contributed by atoms with Gasteiger partial charge in [-0.05, 0) is 6.07 Å². The van der Waals surface area contributed by atoms with E-state index >= 15 is 0 Å². The van der Waals surface area contributed by atoms with Gasteiger partial charge in [-0.15, -0.1) is 0 Å². The van der Waals surface area contributed by atoms with Crippen molar-refractivity contribution < 1.29 is 13.5 Å². The van der Waals surface area contributed by atoms with Crippen LogP contribution >= 0.6 is 0 Å². The van der Waals surface area contributed by atoms with Gasteiger partial charge in [-0.1, -0.05) is 42.5 Å². The number of anilines is 1. The Balaban J connectivity index is 1.98. The van der Waals surface area contributed by atoms with Crippen molar-refractivity contribution in [3.63, 3.8) is 0 Å². The van der Waals surface area contributed by atoms with Crippen LogP contribution in [0.15, 0.2) is 54.6 Å². The van der Waals surface area contributed by atoms with Gasteiger partial charge in [-0.3, -0.25) is 4.72 Å². The molecule has 4 aromatic rings. The van der Waals surface area contributed by atoms with Crippen molar-refractivity contribution in [1.29, 1.82) is 0 Å². The summed E-state index contributed by atoms with van der Waals surface area (Å²) < 4.78 is 26.7. The largest absolute Gasteiger partial charge is 0.858 e. The van der Waals surface area contributed by atoms with Crippen LogP contribution in [0.3, 0.4) is 0 Å². The van der Waals surface area contributed by atoms with Crippen LogP contribution in [0.5, 0.6) is 5.88 Å². The molecule has 126 valence electrons. The molecule has 2 aromatic carbocycles. The van der Waals surface area contributed by atoms with Crippen LogP contribution in [-0.4, -0.2) is 29.3 Å². The highest BCUT2D eigenvalue weighted by molar-refractivity contribution is 7.92. The minimum atomic E-state index is -3.49. The highest BCUT2D eigenvalue weighted by Gasteiger charge is 2.12. The fraction of sp³-hybridized carbons (Fsp3) is 0.0588. The van der Waals surface area contributed by atoms with Crippen LogP contribution in [0.1, 0.15) is 0 Å². The van der Waals surface area contributed by atoms with E-state index in [0.29, 0.717) is 22.2 Å². The van der Waals surface area contributed by atoms with Gasteiger partial charge in [0, 0.05) is 22.9 Å². The molecule has 0 saturated heterocycles. The number of aromatic nitrogens is 3. The Morgan fingerprint density at radius 3 is 2.56 bits per heavy atom. The van der Waals surface area contributed by atoms with E-state index in [-0.39, 0.29) is 11.6 Å². The summed E-state index contributed by atoms with van der Waals surface area (Å²) in [7, 11) is -3.49. The van der Waals surface area contributed by atoms with Crippen LogP contribution in [0.4, 0.5) is 5.69 Å². The Hall–Kier alpha value is -3.13. The smallest absolute Gasteiger partial charge is 0.229 e. The van der Waals surface area contributed by atoms with Gasteiger partial charge in [-0.2, -0.15) is 5.10 Å². The number of benzene rings is 2. The van der Waals surface area contributed by atoms with Gasteiger partial charge in [0.25, 0.3) is 0 Å². The molecule has 0 radical (unpaired) electrons. The molecular weight excluding hydrogens is 340 g/mol. The first-order valence-corrected chi connectivity index (χ1v) is 9.34. The number of hydrogen-bond donors (Lipinski definition) is 1. The number of nitrogens with one attached hydrogen (secondary N) is 1. The molecule has 0 saturated carbocycles. The first-order chi connectivity index (χ1) is 11.9. The Bertz CT molecular complexity index is 1200. The second kappa shape index (κ2) is 5.45. The van der Waals surface area contributed by atoms with E-state index in [0.717, 1.165) is 11.8 Å². The lowest BCUT2D eigenvalue weighted by Gasteiger charge is -2.14. The summed E-state index contributed by atoms with van der Waals surface area (Å²) in [4.78, 5) is 4.44. The van der Waals surface area contributed by atoms with Gasteiger partial charge >= 0.3 is 0 Å². The number of rotatable bonds is 3. The second-order valence-electron chi connectivity index (χ2n) is 5.66. The number of hydrogen-bond acceptors (Lipinski definition) is 5. The number of para-hydroxylation sites is 1. The standard InChI is InChI=1S/C17H14N4O3S/c1-25(23,24)20-13-9-5-8-12-16(13)18-15-10-14(19-21(15)17(12)22)11-6-3-2-4-7-11/h2-10,20,22H,1H3/p-1. The molecule has 2 heterocycles. The van der Waals surface area contributed by atoms with E-state index in [2.05, 4.69) is 14.8 Å². The lowest BCUT2D eigenvalue weighted by molar-refractivity contribution is -0.274. The van der Waals surface area contributed by atoms with Gasteiger partial charge in [0.05, 0.1) is 23.2 Å². The predicted molar refractivity (Wildman–Crippen MR) is 93.8 cm³/mol. The van der Waals surface area contributed by atoms with Gasteiger partial charge in [0.15, 0.2) is 5.65 Å². The van der Waals surface area contributed by atoms with E-state index in [1.54, 1.807) is 24.3 Å². The molecule has 1 N–H and O–H groups in total. The molecule has 8 heteroatoms. The molecule has 0 unspecified atom stereocenters. The molecule has 0 amide bonds. The quantitative estimate of drug-likeness (QED) is 0.607. The summed E-state index contributed by atoms with van der Waals surface area (Å²) in [6.45, 7) is 0. The second-order valence-corrected chi connectivity index (χ2v) is 7.41. The summed E-state index contributed by atoms with van der Waals surface area (Å²) in [5.41, 5.74) is 2.41. The predicted octanol–water partition coefficient (Wildman–Crippen LogP) is 1.99. The summed E-state index contributed by atoms with van der Waals surface area (Å²) in [5.74, 6) is -0.348. The third-order valence-corrected chi connectivity index (χ3v) is 4.33. The fourth-order valence-corrected chi connectivity index (χ4v) is 3.26. The molecule has 0 aliphatic carbocycles. The Labute approximate surface area is 143 Å². The first kappa shape index (κ1) is 15.4. The normalized spacial score (nSPS) is 11.9. The van der Waals surface area contributed by atoms with Gasteiger partial charge in [0.2, 0.25) is 10.0 Å². The summed E-state index contributed by atoms with van der Waals surface area (Å²) >= 11 is 0. The summed E-state index contributed by atoms with van der Waals surface area (Å²) in [6, 6.07) is 15.9. The molecule has 25 heavy (non-hydrogen) atoms. The van der Waals surface area contributed by atoms with Crippen LogP contribution < -0.4 is 9.83 Å². The monoisotopic (exact) mass is 353 g/mol. The number of sulfonamides is 1. The van der Waals surface area contributed by atoms with Crippen molar-refractivity contribution >= 4 is 32.3 Å². The van der Waals surface area contributed by atoms with Crippen molar-refractivity contribution in [2.75, 3.05) is 11.0 Å². The van der Waals surface area contributed by atoms with Crippen molar-refractivity contribution in [1.82, 2.24) is 14.6 Å². The molecule has 0 atom stereocenters. The SMILES string of the molecule is CS(=O)(=O)Nc1cccc2c([O-])n3nc(-c4ccccc4)cc3nc12. The van der Waals surface area contributed by atoms with Gasteiger partial charge < -0.3 is 5.11 Å². The molecule has 2 aromatic heterocycles. The zero-order chi connectivity index (χ0) is 17.6. The van der Waals surface area contributed by atoms with Crippen molar-refractivity contribution in [2.24, 2.45) is 0 Å². The highest BCUT2D eigenvalue weighted by atomic mass is 32.2. The minimum absolute atomic E-state index is 0.266. The summed E-state index contributed by atoms with van der Waals surface area (Å²) in [5, 5.41) is 17.4. The zero-order valence-electron chi connectivity index (χ0n) is 13.2. The topological polar surface area (TPSA) is 99.4 Å². The van der Waals surface area contributed by atoms with Crippen LogP contribution in [0.2, 0.25) is 0 Å². The van der Waals surface area contributed by atoms with Crippen LogP contribution in [0.25, 0.3) is 27.8 Å². The first-order valence-electron chi connectivity index (χ1n) is 7.45. The molecule has 0 aliphatic rings. The van der Waals surface area contributed by atoms with E-state index in [4.69, 9.17) is 0 Å². The van der Waals surface area contributed by atoms with Crippen molar-refractivity contribution in [3.05, 3.63) is 54.6 Å². The number of fused-ring (bicyclic) bond motifs is 2. The van der Waals surface area contributed by atoms with Crippen LogP contribution in [-0.2, 0) is 10.0 Å². The average Bonchev–Trinajstić information content (AvgIpc) is 3.00. The van der Waals surface area contributed by atoms with Gasteiger partial charge in [-0.25, -0.2) is 17.9 Å². The fourth-order valence-electron chi connectivity index (χ4n) is 2.70. The molecule has 0 aliphatic heterocycles. The Kier molecular flexibility index (Phi) is 3.36. The molecule has 0 spiro atoms. The van der Waals surface area contributed by atoms with E-state index in [9.17, 15) is 13.5 Å². The highest BCUT2D eigenvalue weighted by Crippen LogP contribution is 2.30.